The molecule has 1 N–H and O–H groups in total. The molecule has 0 bridgehead atoms. The van der Waals surface area contributed by atoms with Crippen LogP contribution in [-0.4, -0.2) is 96.0 Å². The second-order valence-electron chi connectivity index (χ2n) is 12.1. The Bertz CT molecular complexity index is 1200. The molecule has 5 rings (SSSR count). The minimum absolute atomic E-state index is 0.0696. The summed E-state index contributed by atoms with van der Waals surface area (Å²) in [4.78, 5) is 56.0. The summed E-state index contributed by atoms with van der Waals surface area (Å²) < 4.78 is 36.4. The second kappa shape index (κ2) is 10.9. The van der Waals surface area contributed by atoms with Gasteiger partial charge in [0.25, 0.3) is 5.91 Å². The number of carbonyl (C=O) groups is 4. The van der Waals surface area contributed by atoms with Crippen molar-refractivity contribution in [1.82, 2.24) is 20.0 Å². The number of halogens is 2. The van der Waals surface area contributed by atoms with E-state index in [1.54, 1.807) is 9.80 Å². The minimum atomic E-state index is -0.886. The van der Waals surface area contributed by atoms with E-state index in [0.717, 1.165) is 25.5 Å². The van der Waals surface area contributed by atoms with Crippen molar-refractivity contribution in [3.63, 3.8) is 0 Å². The molecule has 1 atom stereocenters. The lowest BCUT2D eigenvalue weighted by molar-refractivity contribution is -0.136. The molecule has 3 fully saturated rings. The molecule has 4 aliphatic heterocycles. The summed E-state index contributed by atoms with van der Waals surface area (Å²) in [6.07, 6.45) is 1.73. The first kappa shape index (κ1) is 28.3. The Hall–Kier alpha value is -3.28. The summed E-state index contributed by atoms with van der Waals surface area (Å²) >= 11 is 0. The van der Waals surface area contributed by atoms with Crippen LogP contribution in [0.15, 0.2) is 6.07 Å². The molecule has 0 aliphatic carbocycles. The first-order valence-corrected chi connectivity index (χ1v) is 14.0. The van der Waals surface area contributed by atoms with Crippen LogP contribution in [0.1, 0.15) is 62.4 Å². The molecule has 4 aliphatic rings. The molecule has 0 radical (unpaired) electrons. The number of piperazine rings is 1. The summed E-state index contributed by atoms with van der Waals surface area (Å²) in [5, 5.41) is 2.22. The van der Waals surface area contributed by atoms with Crippen LogP contribution in [0.25, 0.3) is 0 Å². The normalized spacial score (nSPS) is 23.0. The summed E-state index contributed by atoms with van der Waals surface area (Å²) in [6, 6.07) is 0.190. The van der Waals surface area contributed by atoms with Crippen molar-refractivity contribution in [1.29, 1.82) is 0 Å². The number of amides is 4. The van der Waals surface area contributed by atoms with E-state index in [-0.39, 0.29) is 42.3 Å². The van der Waals surface area contributed by atoms with Gasteiger partial charge in [0.05, 0.1) is 12.1 Å². The number of hydrogen-bond acceptors (Lipinski definition) is 7. The first-order chi connectivity index (χ1) is 18.9. The van der Waals surface area contributed by atoms with Gasteiger partial charge in [0.1, 0.15) is 23.1 Å². The molecule has 0 aromatic heterocycles. The van der Waals surface area contributed by atoms with Crippen molar-refractivity contribution in [3.8, 4) is 0 Å². The van der Waals surface area contributed by atoms with Crippen LogP contribution >= 0.6 is 0 Å². The van der Waals surface area contributed by atoms with Crippen LogP contribution in [0.3, 0.4) is 0 Å². The molecular formula is C28H37F2N5O5. The van der Waals surface area contributed by atoms with Gasteiger partial charge in [0.2, 0.25) is 11.8 Å². The number of hydrogen-bond donors (Lipinski definition) is 1. The van der Waals surface area contributed by atoms with Gasteiger partial charge in [-0.3, -0.25) is 24.6 Å². The summed E-state index contributed by atoms with van der Waals surface area (Å²) in [7, 11) is 0. The zero-order chi connectivity index (χ0) is 28.8. The van der Waals surface area contributed by atoms with Crippen molar-refractivity contribution in [2.45, 2.75) is 64.6 Å². The van der Waals surface area contributed by atoms with Crippen molar-refractivity contribution in [2.24, 2.45) is 5.92 Å². The predicted octanol–water partition coefficient (Wildman–Crippen LogP) is 2.49. The van der Waals surface area contributed by atoms with Gasteiger partial charge >= 0.3 is 6.09 Å². The van der Waals surface area contributed by atoms with Gasteiger partial charge in [-0.1, -0.05) is 0 Å². The Labute approximate surface area is 232 Å². The van der Waals surface area contributed by atoms with Gasteiger partial charge in [-0.15, -0.1) is 0 Å². The molecule has 0 saturated carbocycles. The number of anilines is 1. The van der Waals surface area contributed by atoms with E-state index in [1.165, 1.54) is 4.90 Å². The zero-order valence-electron chi connectivity index (χ0n) is 23.3. The van der Waals surface area contributed by atoms with Crippen LogP contribution in [0.5, 0.6) is 0 Å². The number of rotatable bonds is 4. The van der Waals surface area contributed by atoms with Crippen molar-refractivity contribution in [3.05, 3.63) is 28.8 Å². The third-order valence-corrected chi connectivity index (χ3v) is 8.17. The topological polar surface area (TPSA) is 102 Å². The minimum Gasteiger partial charge on any atom is -0.444 e. The zero-order valence-corrected chi connectivity index (χ0v) is 23.3. The van der Waals surface area contributed by atoms with Crippen LogP contribution in [0, 0.1) is 17.6 Å². The van der Waals surface area contributed by atoms with Gasteiger partial charge in [0.15, 0.2) is 5.82 Å². The highest BCUT2D eigenvalue weighted by Gasteiger charge is 2.42. The van der Waals surface area contributed by atoms with Crippen LogP contribution in [0.2, 0.25) is 0 Å². The fourth-order valence-corrected chi connectivity index (χ4v) is 6.06. The van der Waals surface area contributed by atoms with E-state index in [9.17, 15) is 19.2 Å². The van der Waals surface area contributed by atoms with Crippen molar-refractivity contribution < 1.29 is 32.7 Å². The number of ether oxygens (including phenoxy) is 1. The van der Waals surface area contributed by atoms with E-state index in [1.807, 2.05) is 20.8 Å². The quantitative estimate of drug-likeness (QED) is 0.564. The fraction of sp³-hybridized carbons (Fsp3) is 0.643. The van der Waals surface area contributed by atoms with E-state index < -0.39 is 41.0 Å². The SMILES string of the molecule is CC(C)(C)OC(=O)N1CCC(CN2CCN(c3c(F)cc4c(c3F)CN(C3CCC(=O)NC3=O)C4=O)CC2)CC1. The molecule has 1 unspecified atom stereocenters. The highest BCUT2D eigenvalue weighted by atomic mass is 19.1. The number of likely N-dealkylation sites (tertiary alicyclic amines) is 1. The maximum absolute atomic E-state index is 15.7. The Balaban J connectivity index is 1.17. The fourth-order valence-electron chi connectivity index (χ4n) is 6.06. The molecule has 10 nitrogen and oxygen atoms in total. The summed E-state index contributed by atoms with van der Waals surface area (Å²) in [5.41, 5.74) is -0.638. The third-order valence-electron chi connectivity index (χ3n) is 8.17. The molecule has 0 spiro atoms. The number of nitrogens with zero attached hydrogens (tertiary/aromatic N) is 4. The molecule has 40 heavy (non-hydrogen) atoms. The lowest BCUT2D eigenvalue weighted by atomic mass is 9.96. The Morgan fingerprint density at radius 2 is 1.70 bits per heavy atom. The van der Waals surface area contributed by atoms with Gasteiger partial charge in [-0.05, 0) is 52.0 Å². The molecule has 3 saturated heterocycles. The third kappa shape index (κ3) is 5.77. The average molecular weight is 562 g/mol. The monoisotopic (exact) mass is 561 g/mol. The molecule has 1 aromatic rings. The van der Waals surface area contributed by atoms with Gasteiger partial charge in [-0.25, -0.2) is 13.6 Å². The Morgan fingerprint density at radius 1 is 1.02 bits per heavy atom. The smallest absolute Gasteiger partial charge is 0.410 e. The number of fused-ring (bicyclic) bond motifs is 1. The van der Waals surface area contributed by atoms with E-state index in [2.05, 4.69) is 10.2 Å². The van der Waals surface area contributed by atoms with E-state index in [0.29, 0.717) is 45.2 Å². The van der Waals surface area contributed by atoms with Crippen molar-refractivity contribution in [2.75, 3.05) is 50.7 Å². The largest absolute Gasteiger partial charge is 0.444 e. The van der Waals surface area contributed by atoms with E-state index in [4.69, 9.17) is 4.74 Å². The number of piperidine rings is 2. The highest BCUT2D eigenvalue weighted by molar-refractivity contribution is 6.05. The molecular weight excluding hydrogens is 524 g/mol. The maximum Gasteiger partial charge on any atom is 0.410 e. The Kier molecular flexibility index (Phi) is 7.73. The Morgan fingerprint density at radius 3 is 2.33 bits per heavy atom. The molecule has 12 heteroatoms. The number of nitrogens with one attached hydrogen (secondary N) is 1. The van der Waals surface area contributed by atoms with Crippen LogP contribution < -0.4 is 10.2 Å². The molecule has 1 aromatic carbocycles. The summed E-state index contributed by atoms with van der Waals surface area (Å²) in [6.45, 7) is 9.76. The lowest BCUT2D eigenvalue weighted by Gasteiger charge is -2.40. The molecule has 4 amide bonds. The first-order valence-electron chi connectivity index (χ1n) is 14.0. The maximum atomic E-state index is 15.7. The molecule has 4 heterocycles. The van der Waals surface area contributed by atoms with E-state index >= 15 is 8.78 Å². The van der Waals surface area contributed by atoms with Crippen LogP contribution in [0.4, 0.5) is 19.3 Å². The number of imide groups is 1. The van der Waals surface area contributed by atoms with Gasteiger partial charge in [0, 0.05) is 57.8 Å². The lowest BCUT2D eigenvalue weighted by Crippen LogP contribution is -2.52. The molecule has 218 valence electrons. The average Bonchev–Trinajstić information content (AvgIpc) is 3.20. The highest BCUT2D eigenvalue weighted by Crippen LogP contribution is 2.36. The van der Waals surface area contributed by atoms with Crippen LogP contribution in [-0.2, 0) is 20.9 Å². The predicted molar refractivity (Wildman–Crippen MR) is 142 cm³/mol. The van der Waals surface area contributed by atoms with Gasteiger partial charge < -0.3 is 19.4 Å². The number of carbonyl (C=O) groups excluding carboxylic acids is 4. The summed E-state index contributed by atoms with van der Waals surface area (Å²) in [5.74, 6) is -2.72. The van der Waals surface area contributed by atoms with Gasteiger partial charge in [-0.2, -0.15) is 0 Å². The number of benzene rings is 1. The second-order valence-corrected chi connectivity index (χ2v) is 12.1. The van der Waals surface area contributed by atoms with Crippen molar-refractivity contribution >= 4 is 29.5 Å². The standard InChI is InChI=1S/C28H37F2N5O5/c1-28(2,3)40-27(39)34-8-6-17(7-9-34)15-32-10-12-33(13-11-32)24-20(29)14-18-19(23(24)30)16-35(26(18)38)21-4-5-22(36)31-25(21)37/h14,17,21H,4-13,15-16H2,1-3H3,(H,31,36,37).